The molecule has 94 valence electrons. The van der Waals surface area contributed by atoms with Gasteiger partial charge in [-0.15, -0.1) is 0 Å². The van der Waals surface area contributed by atoms with E-state index < -0.39 is 5.91 Å². The normalized spacial score (nSPS) is 10.4. The Balaban J connectivity index is 2.78. The van der Waals surface area contributed by atoms with E-state index in [1.807, 2.05) is 13.8 Å². The van der Waals surface area contributed by atoms with Gasteiger partial charge in [0.15, 0.2) is 0 Å². The molecule has 0 saturated carbocycles. The van der Waals surface area contributed by atoms with Crippen LogP contribution in [0.5, 0.6) is 11.5 Å². The molecule has 0 atom stereocenters. The van der Waals surface area contributed by atoms with Crippen molar-refractivity contribution in [3.05, 3.63) is 23.8 Å². The second-order valence-corrected chi connectivity index (χ2v) is 3.83. The molecule has 1 aromatic carbocycles. The zero-order chi connectivity index (χ0) is 12.8. The minimum atomic E-state index is -0.423. The number of nitrogens with one attached hydrogen (secondary N) is 1. The van der Waals surface area contributed by atoms with E-state index in [4.69, 9.17) is 9.84 Å². The number of carbonyl (C=O) groups is 1. The molecule has 1 amide bonds. The van der Waals surface area contributed by atoms with E-state index in [1.165, 1.54) is 12.1 Å². The van der Waals surface area contributed by atoms with Gasteiger partial charge in [0.05, 0.1) is 18.3 Å². The number of phenolic OH excluding ortho intramolecular Hbond substituents is 1. The highest BCUT2D eigenvalue weighted by molar-refractivity contribution is 5.96. The zero-order valence-corrected chi connectivity index (χ0v) is 9.93. The monoisotopic (exact) mass is 239 g/mol. The number of carbonyl (C=O) groups excluding carboxylic acids is 1. The van der Waals surface area contributed by atoms with Gasteiger partial charge in [-0.3, -0.25) is 4.79 Å². The molecular formula is C12H17NO4. The molecule has 0 unspecified atom stereocenters. The highest BCUT2D eigenvalue weighted by atomic mass is 16.5. The Hall–Kier alpha value is -1.75. The summed E-state index contributed by atoms with van der Waals surface area (Å²) in [6.45, 7) is 3.77. The molecule has 0 fully saturated rings. The molecule has 0 heterocycles. The Kier molecular flexibility index (Phi) is 4.78. The lowest BCUT2D eigenvalue weighted by molar-refractivity contribution is 0.0942. The van der Waals surface area contributed by atoms with Gasteiger partial charge in [0.25, 0.3) is 5.91 Å². The van der Waals surface area contributed by atoms with Crippen LogP contribution in [0.4, 0.5) is 0 Å². The van der Waals surface area contributed by atoms with Crippen molar-refractivity contribution in [3.63, 3.8) is 0 Å². The Labute approximate surface area is 100 Å². The molecule has 0 aliphatic rings. The van der Waals surface area contributed by atoms with Crippen molar-refractivity contribution in [2.75, 3.05) is 13.2 Å². The van der Waals surface area contributed by atoms with Gasteiger partial charge in [-0.25, -0.2) is 0 Å². The molecule has 1 rings (SSSR count). The zero-order valence-electron chi connectivity index (χ0n) is 9.93. The average molecular weight is 239 g/mol. The van der Waals surface area contributed by atoms with Crippen LogP contribution in [0.1, 0.15) is 24.2 Å². The fourth-order valence-electron chi connectivity index (χ4n) is 1.31. The minimum absolute atomic E-state index is 0.00321. The summed E-state index contributed by atoms with van der Waals surface area (Å²) in [6, 6.07) is 4.50. The van der Waals surface area contributed by atoms with Crippen LogP contribution in [-0.2, 0) is 0 Å². The maximum atomic E-state index is 11.5. The first-order valence-electron chi connectivity index (χ1n) is 5.43. The van der Waals surface area contributed by atoms with Gasteiger partial charge in [0, 0.05) is 12.6 Å². The summed E-state index contributed by atoms with van der Waals surface area (Å²) < 4.78 is 5.38. The first-order chi connectivity index (χ1) is 8.04. The van der Waals surface area contributed by atoms with E-state index in [1.54, 1.807) is 6.07 Å². The maximum absolute atomic E-state index is 11.5. The Morgan fingerprint density at radius 1 is 1.47 bits per heavy atom. The third-order valence-electron chi connectivity index (χ3n) is 1.98. The first kappa shape index (κ1) is 13.3. The van der Waals surface area contributed by atoms with Gasteiger partial charge >= 0.3 is 0 Å². The molecule has 0 radical (unpaired) electrons. The van der Waals surface area contributed by atoms with Crippen molar-refractivity contribution >= 4 is 5.91 Å². The van der Waals surface area contributed by atoms with E-state index in [2.05, 4.69) is 5.32 Å². The number of hydrogen-bond acceptors (Lipinski definition) is 4. The predicted octanol–water partition coefficient (Wildman–Crippen LogP) is 0.901. The lowest BCUT2D eigenvalue weighted by Gasteiger charge is -2.11. The minimum Gasteiger partial charge on any atom is -0.507 e. The lowest BCUT2D eigenvalue weighted by atomic mass is 10.2. The Bertz CT molecular complexity index is 390. The number of rotatable bonds is 5. The van der Waals surface area contributed by atoms with E-state index in [-0.39, 0.29) is 30.6 Å². The summed E-state index contributed by atoms with van der Waals surface area (Å²) in [5.74, 6) is -0.0533. The largest absolute Gasteiger partial charge is 0.507 e. The number of ether oxygens (including phenoxy) is 1. The molecule has 0 aliphatic carbocycles. The molecule has 0 aliphatic heterocycles. The predicted molar refractivity (Wildman–Crippen MR) is 63.3 cm³/mol. The summed E-state index contributed by atoms with van der Waals surface area (Å²) in [5, 5.41) is 20.7. The molecule has 5 heteroatoms. The molecule has 3 N–H and O–H groups in total. The van der Waals surface area contributed by atoms with Crippen LogP contribution in [0.15, 0.2) is 18.2 Å². The van der Waals surface area contributed by atoms with E-state index in [9.17, 15) is 9.90 Å². The average Bonchev–Trinajstić information content (AvgIpc) is 2.25. The lowest BCUT2D eigenvalue weighted by Crippen LogP contribution is -2.26. The molecular weight excluding hydrogens is 222 g/mol. The van der Waals surface area contributed by atoms with E-state index in [0.717, 1.165) is 0 Å². The number of aliphatic hydroxyl groups is 1. The summed E-state index contributed by atoms with van der Waals surface area (Å²) in [6.07, 6.45) is 0.00321. The van der Waals surface area contributed by atoms with Crippen molar-refractivity contribution in [2.24, 2.45) is 0 Å². The van der Waals surface area contributed by atoms with E-state index >= 15 is 0 Å². The maximum Gasteiger partial charge on any atom is 0.255 e. The highest BCUT2D eigenvalue weighted by Crippen LogP contribution is 2.24. The molecule has 0 aromatic heterocycles. The van der Waals surface area contributed by atoms with Crippen LogP contribution in [0.2, 0.25) is 0 Å². The van der Waals surface area contributed by atoms with Gasteiger partial charge in [-0.05, 0) is 26.0 Å². The van der Waals surface area contributed by atoms with Gasteiger partial charge in [-0.1, -0.05) is 0 Å². The fraction of sp³-hybridized carbons (Fsp3) is 0.417. The van der Waals surface area contributed by atoms with E-state index in [0.29, 0.717) is 5.75 Å². The fourth-order valence-corrected chi connectivity index (χ4v) is 1.31. The number of aromatic hydroxyl groups is 1. The number of phenols is 1. The molecule has 17 heavy (non-hydrogen) atoms. The standard InChI is InChI=1S/C12H17NO4/c1-8(2)17-9-3-4-10(11(15)7-9)12(16)13-5-6-14/h3-4,7-8,14-15H,5-6H2,1-2H3,(H,13,16). The van der Waals surface area contributed by atoms with Gasteiger partial charge < -0.3 is 20.3 Å². The molecule has 0 bridgehead atoms. The van der Waals surface area contributed by atoms with Gasteiger partial charge in [0.1, 0.15) is 11.5 Å². The van der Waals surface area contributed by atoms with Crippen molar-refractivity contribution in [2.45, 2.75) is 20.0 Å². The molecule has 5 nitrogen and oxygen atoms in total. The SMILES string of the molecule is CC(C)Oc1ccc(C(=O)NCCO)c(O)c1. The summed E-state index contributed by atoms with van der Waals surface area (Å²) in [5.41, 5.74) is 0.162. The summed E-state index contributed by atoms with van der Waals surface area (Å²) >= 11 is 0. The Morgan fingerprint density at radius 2 is 2.18 bits per heavy atom. The van der Waals surface area contributed by atoms with Gasteiger partial charge in [0.2, 0.25) is 0 Å². The summed E-state index contributed by atoms with van der Waals surface area (Å²) in [7, 11) is 0. The van der Waals surface area contributed by atoms with Crippen LogP contribution in [0.3, 0.4) is 0 Å². The number of benzene rings is 1. The molecule has 1 aromatic rings. The molecule has 0 saturated heterocycles. The van der Waals surface area contributed by atoms with Crippen molar-refractivity contribution in [1.82, 2.24) is 5.32 Å². The van der Waals surface area contributed by atoms with Crippen LogP contribution >= 0.6 is 0 Å². The summed E-state index contributed by atoms with van der Waals surface area (Å²) in [4.78, 5) is 11.5. The van der Waals surface area contributed by atoms with Crippen LogP contribution in [0.25, 0.3) is 0 Å². The number of hydrogen-bond donors (Lipinski definition) is 3. The third kappa shape index (κ3) is 3.96. The highest BCUT2D eigenvalue weighted by Gasteiger charge is 2.11. The quantitative estimate of drug-likeness (QED) is 0.713. The first-order valence-corrected chi connectivity index (χ1v) is 5.43. The van der Waals surface area contributed by atoms with Crippen molar-refractivity contribution in [3.8, 4) is 11.5 Å². The van der Waals surface area contributed by atoms with Crippen LogP contribution in [-0.4, -0.2) is 35.4 Å². The van der Waals surface area contributed by atoms with Crippen LogP contribution < -0.4 is 10.1 Å². The topological polar surface area (TPSA) is 78.8 Å². The second kappa shape index (κ2) is 6.10. The van der Waals surface area contributed by atoms with Crippen molar-refractivity contribution < 1.29 is 19.7 Å². The number of amides is 1. The second-order valence-electron chi connectivity index (χ2n) is 3.83. The van der Waals surface area contributed by atoms with Crippen LogP contribution in [0, 0.1) is 0 Å². The third-order valence-corrected chi connectivity index (χ3v) is 1.98. The number of aliphatic hydroxyl groups excluding tert-OH is 1. The van der Waals surface area contributed by atoms with Crippen molar-refractivity contribution in [1.29, 1.82) is 0 Å². The smallest absolute Gasteiger partial charge is 0.255 e. The Morgan fingerprint density at radius 3 is 2.71 bits per heavy atom. The van der Waals surface area contributed by atoms with Gasteiger partial charge in [-0.2, -0.15) is 0 Å². The molecule has 0 spiro atoms.